The van der Waals surface area contributed by atoms with Gasteiger partial charge in [0.25, 0.3) is 15.9 Å². The van der Waals surface area contributed by atoms with E-state index in [2.05, 4.69) is 10.0 Å². The average Bonchev–Trinajstić information content (AvgIpc) is 2.82. The van der Waals surface area contributed by atoms with Gasteiger partial charge in [0.15, 0.2) is 0 Å². The number of hydrogen-bond acceptors (Lipinski definition) is 4. The number of carbonyl (C=O) groups excluding carboxylic acids is 1. The molecule has 4 rings (SSSR count). The first-order chi connectivity index (χ1) is 15.9. The smallest absolute Gasteiger partial charge is 0.261 e. The van der Waals surface area contributed by atoms with Gasteiger partial charge in [0.1, 0.15) is 11.5 Å². The van der Waals surface area contributed by atoms with E-state index in [4.69, 9.17) is 4.74 Å². The van der Waals surface area contributed by atoms with Crippen LogP contribution in [-0.2, 0) is 10.0 Å². The predicted octanol–water partition coefficient (Wildman–Crippen LogP) is 5.84. The minimum Gasteiger partial charge on any atom is -0.457 e. The van der Waals surface area contributed by atoms with Crippen LogP contribution in [-0.4, -0.2) is 14.3 Å². The van der Waals surface area contributed by atoms with Crippen LogP contribution in [0, 0.1) is 6.92 Å². The van der Waals surface area contributed by atoms with Gasteiger partial charge in [-0.15, -0.1) is 0 Å². The minimum atomic E-state index is -3.75. The van der Waals surface area contributed by atoms with Gasteiger partial charge < -0.3 is 10.1 Å². The first-order valence-corrected chi connectivity index (χ1v) is 11.7. The second-order valence-electron chi connectivity index (χ2n) is 7.36. The Kier molecular flexibility index (Phi) is 6.42. The topological polar surface area (TPSA) is 84.5 Å². The number of para-hydroxylation sites is 2. The molecular weight excluding hydrogens is 436 g/mol. The Labute approximate surface area is 192 Å². The van der Waals surface area contributed by atoms with Gasteiger partial charge in [0.2, 0.25) is 0 Å². The molecule has 0 fully saturated rings. The van der Waals surface area contributed by atoms with Gasteiger partial charge in [0.05, 0.1) is 10.5 Å². The Bertz CT molecular complexity index is 1350. The number of sulfonamides is 1. The van der Waals surface area contributed by atoms with E-state index in [0.29, 0.717) is 28.4 Å². The Balaban J connectivity index is 1.47. The number of amides is 1. The third-order valence-electron chi connectivity index (χ3n) is 4.83. The zero-order chi connectivity index (χ0) is 23.3. The second-order valence-corrected chi connectivity index (χ2v) is 9.04. The highest BCUT2D eigenvalue weighted by Gasteiger charge is 2.16. The largest absolute Gasteiger partial charge is 0.457 e. The first kappa shape index (κ1) is 22.1. The van der Waals surface area contributed by atoms with Gasteiger partial charge in [-0.05, 0) is 67.6 Å². The van der Waals surface area contributed by atoms with Gasteiger partial charge in [0, 0.05) is 11.4 Å². The molecule has 4 aromatic rings. The standard InChI is InChI=1S/C26H22N2O4S/c1-19-11-13-21(14-12-19)28-33(30,31)23-17-15-20(16-18-23)27-26(29)24-9-5-6-10-25(24)32-22-7-3-2-4-8-22/h2-18,28H,1H3,(H,27,29). The van der Waals surface area contributed by atoms with Crippen LogP contribution >= 0.6 is 0 Å². The molecule has 2 N–H and O–H groups in total. The lowest BCUT2D eigenvalue weighted by molar-refractivity contribution is 0.102. The molecule has 0 heterocycles. The maximum Gasteiger partial charge on any atom is 0.261 e. The van der Waals surface area contributed by atoms with Crippen molar-refractivity contribution in [2.75, 3.05) is 10.0 Å². The molecule has 0 saturated heterocycles. The number of nitrogens with one attached hydrogen (secondary N) is 2. The monoisotopic (exact) mass is 458 g/mol. The molecule has 0 bridgehead atoms. The van der Waals surface area contributed by atoms with Crippen molar-refractivity contribution >= 4 is 27.3 Å². The van der Waals surface area contributed by atoms with E-state index in [-0.39, 0.29) is 10.8 Å². The fraction of sp³-hybridized carbons (Fsp3) is 0.0385. The molecule has 166 valence electrons. The summed E-state index contributed by atoms with van der Waals surface area (Å²) in [5.74, 6) is 0.672. The van der Waals surface area contributed by atoms with Gasteiger partial charge in [-0.3, -0.25) is 9.52 Å². The van der Waals surface area contributed by atoms with Crippen LogP contribution in [0.4, 0.5) is 11.4 Å². The molecule has 6 nitrogen and oxygen atoms in total. The number of aryl methyl sites for hydroxylation is 1. The quantitative estimate of drug-likeness (QED) is 0.364. The van der Waals surface area contributed by atoms with Gasteiger partial charge in [-0.2, -0.15) is 0 Å². The van der Waals surface area contributed by atoms with E-state index in [1.807, 2.05) is 37.3 Å². The minimum absolute atomic E-state index is 0.0916. The Morgan fingerprint density at radius 2 is 1.33 bits per heavy atom. The van der Waals surface area contributed by atoms with Crippen molar-refractivity contribution in [3.63, 3.8) is 0 Å². The summed E-state index contributed by atoms with van der Waals surface area (Å²) in [5.41, 5.74) is 2.34. The second kappa shape index (κ2) is 9.58. The zero-order valence-electron chi connectivity index (χ0n) is 17.9. The Morgan fingerprint density at radius 1 is 0.727 bits per heavy atom. The van der Waals surface area contributed by atoms with Crippen molar-refractivity contribution in [1.82, 2.24) is 0 Å². The van der Waals surface area contributed by atoms with Crippen LogP contribution in [0.3, 0.4) is 0 Å². The first-order valence-electron chi connectivity index (χ1n) is 10.2. The van der Waals surface area contributed by atoms with Crippen LogP contribution < -0.4 is 14.8 Å². The van der Waals surface area contributed by atoms with E-state index in [1.165, 1.54) is 12.1 Å². The lowest BCUT2D eigenvalue weighted by Crippen LogP contribution is -2.14. The lowest BCUT2D eigenvalue weighted by Gasteiger charge is -2.12. The lowest BCUT2D eigenvalue weighted by atomic mass is 10.2. The van der Waals surface area contributed by atoms with Crippen molar-refractivity contribution in [1.29, 1.82) is 0 Å². The normalized spacial score (nSPS) is 10.9. The number of ether oxygens (including phenoxy) is 1. The summed E-state index contributed by atoms with van der Waals surface area (Å²) in [6, 6.07) is 29.1. The third kappa shape index (κ3) is 5.58. The van der Waals surface area contributed by atoms with Crippen molar-refractivity contribution in [2.24, 2.45) is 0 Å². The van der Waals surface area contributed by atoms with E-state index < -0.39 is 10.0 Å². The molecular formula is C26H22N2O4S. The molecule has 0 saturated carbocycles. The highest BCUT2D eigenvalue weighted by molar-refractivity contribution is 7.92. The highest BCUT2D eigenvalue weighted by atomic mass is 32.2. The average molecular weight is 459 g/mol. The molecule has 4 aromatic carbocycles. The van der Waals surface area contributed by atoms with E-state index in [1.54, 1.807) is 60.7 Å². The van der Waals surface area contributed by atoms with Crippen LogP contribution in [0.25, 0.3) is 0 Å². The summed E-state index contributed by atoms with van der Waals surface area (Å²) in [6.45, 7) is 1.93. The number of hydrogen-bond donors (Lipinski definition) is 2. The molecule has 0 aromatic heterocycles. The van der Waals surface area contributed by atoms with Crippen molar-refractivity contribution in [3.05, 3.63) is 114 Å². The fourth-order valence-corrected chi connectivity index (χ4v) is 4.17. The predicted molar refractivity (Wildman–Crippen MR) is 129 cm³/mol. The third-order valence-corrected chi connectivity index (χ3v) is 6.23. The molecule has 0 unspecified atom stereocenters. The van der Waals surface area contributed by atoms with E-state index in [9.17, 15) is 13.2 Å². The summed E-state index contributed by atoms with van der Waals surface area (Å²) < 4.78 is 33.7. The zero-order valence-corrected chi connectivity index (χ0v) is 18.7. The van der Waals surface area contributed by atoms with Crippen molar-refractivity contribution < 1.29 is 17.9 Å². The van der Waals surface area contributed by atoms with Gasteiger partial charge in [-0.1, -0.05) is 48.0 Å². The summed E-state index contributed by atoms with van der Waals surface area (Å²) in [5, 5.41) is 2.78. The number of rotatable bonds is 7. The van der Waals surface area contributed by atoms with Crippen molar-refractivity contribution in [3.8, 4) is 11.5 Å². The fourth-order valence-electron chi connectivity index (χ4n) is 3.11. The molecule has 7 heteroatoms. The molecule has 0 spiro atoms. The maximum atomic E-state index is 12.9. The summed E-state index contributed by atoms with van der Waals surface area (Å²) in [4.78, 5) is 12.9. The molecule has 33 heavy (non-hydrogen) atoms. The molecule has 0 radical (unpaired) electrons. The Hall–Kier alpha value is -4.10. The Morgan fingerprint density at radius 3 is 2.03 bits per heavy atom. The molecule has 1 amide bonds. The molecule has 0 atom stereocenters. The van der Waals surface area contributed by atoms with Crippen LogP contribution in [0.15, 0.2) is 108 Å². The van der Waals surface area contributed by atoms with Crippen LogP contribution in [0.5, 0.6) is 11.5 Å². The summed E-state index contributed by atoms with van der Waals surface area (Å²) >= 11 is 0. The maximum absolute atomic E-state index is 12.9. The molecule has 0 aliphatic carbocycles. The number of carbonyl (C=O) groups is 1. The SMILES string of the molecule is Cc1ccc(NS(=O)(=O)c2ccc(NC(=O)c3ccccc3Oc3ccccc3)cc2)cc1. The van der Waals surface area contributed by atoms with Crippen LogP contribution in [0.1, 0.15) is 15.9 Å². The van der Waals surface area contributed by atoms with Gasteiger partial charge in [-0.25, -0.2) is 8.42 Å². The summed E-state index contributed by atoms with van der Waals surface area (Å²) in [6.07, 6.45) is 0. The molecule has 0 aliphatic rings. The van der Waals surface area contributed by atoms with Gasteiger partial charge >= 0.3 is 0 Å². The van der Waals surface area contributed by atoms with Crippen molar-refractivity contribution in [2.45, 2.75) is 11.8 Å². The number of anilines is 2. The van der Waals surface area contributed by atoms with Crippen LogP contribution in [0.2, 0.25) is 0 Å². The number of benzene rings is 4. The highest BCUT2D eigenvalue weighted by Crippen LogP contribution is 2.26. The van der Waals surface area contributed by atoms with E-state index >= 15 is 0 Å². The van der Waals surface area contributed by atoms with E-state index in [0.717, 1.165) is 5.56 Å². The summed E-state index contributed by atoms with van der Waals surface area (Å²) in [7, 11) is -3.75. The molecule has 0 aliphatic heterocycles.